The average molecular weight is 288 g/mol. The summed E-state index contributed by atoms with van der Waals surface area (Å²) in [5.41, 5.74) is 6.78. The highest BCUT2D eigenvalue weighted by Gasteiger charge is 2.04. The lowest BCUT2D eigenvalue weighted by atomic mass is 10.1. The zero-order valence-electron chi connectivity index (χ0n) is 12.8. The van der Waals surface area contributed by atoms with Crippen LogP contribution in [0.15, 0.2) is 40.8 Å². The van der Waals surface area contributed by atoms with E-state index in [-0.39, 0.29) is 0 Å². The molecular weight excluding hydrogens is 264 g/mol. The molecule has 4 heteroatoms. The van der Waals surface area contributed by atoms with Crippen LogP contribution in [0.5, 0.6) is 5.75 Å². The van der Waals surface area contributed by atoms with Crippen LogP contribution in [0.4, 0.5) is 0 Å². The van der Waals surface area contributed by atoms with Gasteiger partial charge in [0.2, 0.25) is 0 Å². The van der Waals surface area contributed by atoms with Crippen molar-refractivity contribution in [3.05, 3.63) is 53.5 Å². The molecule has 0 atom stereocenters. The first-order valence-corrected chi connectivity index (χ1v) is 7.33. The van der Waals surface area contributed by atoms with Crippen LogP contribution in [-0.2, 0) is 13.0 Å². The van der Waals surface area contributed by atoms with E-state index in [2.05, 4.69) is 24.1 Å². The molecule has 0 radical (unpaired) electrons. The Bertz CT molecular complexity index is 534. The number of hydrogen-bond acceptors (Lipinski definition) is 4. The number of rotatable bonds is 8. The second-order valence-corrected chi connectivity index (χ2v) is 5.28. The van der Waals surface area contributed by atoms with E-state index in [0.717, 1.165) is 36.8 Å². The zero-order chi connectivity index (χ0) is 15.1. The van der Waals surface area contributed by atoms with Gasteiger partial charge in [-0.15, -0.1) is 0 Å². The molecule has 0 unspecified atom stereocenters. The van der Waals surface area contributed by atoms with Crippen LogP contribution in [0.1, 0.15) is 17.1 Å². The van der Waals surface area contributed by atoms with Crippen LogP contribution >= 0.6 is 0 Å². The summed E-state index contributed by atoms with van der Waals surface area (Å²) >= 11 is 0. The Morgan fingerprint density at radius 1 is 1.14 bits per heavy atom. The summed E-state index contributed by atoms with van der Waals surface area (Å²) in [5.74, 6) is 2.84. The third kappa shape index (κ3) is 5.25. The number of aryl methyl sites for hydroxylation is 1. The van der Waals surface area contributed by atoms with Crippen LogP contribution in [-0.4, -0.2) is 31.6 Å². The van der Waals surface area contributed by atoms with E-state index in [9.17, 15) is 0 Å². The molecule has 0 aliphatic carbocycles. The Morgan fingerprint density at radius 3 is 2.52 bits per heavy atom. The standard InChI is InChI=1S/C17H24N2O2/c1-14-3-6-17(21-14)13-19(2)11-12-20-16-7-4-15(5-8-16)9-10-18/h3-8H,9-13,18H2,1-2H3. The zero-order valence-corrected chi connectivity index (χ0v) is 12.8. The summed E-state index contributed by atoms with van der Waals surface area (Å²) in [6, 6.07) is 12.1. The van der Waals surface area contributed by atoms with Crippen molar-refractivity contribution >= 4 is 0 Å². The summed E-state index contributed by atoms with van der Waals surface area (Å²) in [7, 11) is 2.06. The van der Waals surface area contributed by atoms with Crippen LogP contribution < -0.4 is 10.5 Å². The highest BCUT2D eigenvalue weighted by Crippen LogP contribution is 2.13. The summed E-state index contributed by atoms with van der Waals surface area (Å²) in [4.78, 5) is 2.18. The Kier molecular flexibility index (Phi) is 5.84. The quantitative estimate of drug-likeness (QED) is 0.811. The molecule has 0 aliphatic rings. The third-order valence-corrected chi connectivity index (χ3v) is 3.32. The number of hydrogen-bond donors (Lipinski definition) is 1. The maximum atomic E-state index is 5.75. The van der Waals surface area contributed by atoms with Gasteiger partial charge < -0.3 is 14.9 Å². The molecule has 114 valence electrons. The van der Waals surface area contributed by atoms with E-state index in [1.807, 2.05) is 31.2 Å². The third-order valence-electron chi connectivity index (χ3n) is 3.32. The molecule has 0 fully saturated rings. The topological polar surface area (TPSA) is 51.6 Å². The predicted octanol–water partition coefficient (Wildman–Crippen LogP) is 2.60. The summed E-state index contributed by atoms with van der Waals surface area (Å²) < 4.78 is 11.3. The molecule has 21 heavy (non-hydrogen) atoms. The van der Waals surface area contributed by atoms with Crippen molar-refractivity contribution in [3.63, 3.8) is 0 Å². The summed E-state index contributed by atoms with van der Waals surface area (Å²) in [6.07, 6.45) is 0.908. The monoisotopic (exact) mass is 288 g/mol. The number of benzene rings is 1. The van der Waals surface area contributed by atoms with Crippen molar-refractivity contribution in [2.45, 2.75) is 19.9 Å². The van der Waals surface area contributed by atoms with Gasteiger partial charge in [0.1, 0.15) is 23.9 Å². The van der Waals surface area contributed by atoms with Gasteiger partial charge in [0.25, 0.3) is 0 Å². The van der Waals surface area contributed by atoms with Gasteiger partial charge in [0.05, 0.1) is 6.54 Å². The van der Waals surface area contributed by atoms with Crippen LogP contribution in [0, 0.1) is 6.92 Å². The fraction of sp³-hybridized carbons (Fsp3) is 0.412. The summed E-state index contributed by atoms with van der Waals surface area (Å²) in [6.45, 7) is 4.95. The highest BCUT2D eigenvalue weighted by molar-refractivity contribution is 5.27. The van der Waals surface area contributed by atoms with E-state index in [4.69, 9.17) is 14.9 Å². The van der Waals surface area contributed by atoms with Gasteiger partial charge in [-0.05, 0) is 56.8 Å². The molecule has 0 amide bonds. The SMILES string of the molecule is Cc1ccc(CN(C)CCOc2ccc(CCN)cc2)o1. The molecule has 0 spiro atoms. The average Bonchev–Trinajstić information content (AvgIpc) is 2.86. The van der Waals surface area contributed by atoms with E-state index < -0.39 is 0 Å². The van der Waals surface area contributed by atoms with Crippen molar-refractivity contribution in [2.75, 3.05) is 26.7 Å². The molecule has 1 heterocycles. The Hall–Kier alpha value is -1.78. The maximum Gasteiger partial charge on any atom is 0.119 e. The smallest absolute Gasteiger partial charge is 0.119 e. The highest BCUT2D eigenvalue weighted by atomic mass is 16.5. The number of furan rings is 1. The fourth-order valence-corrected chi connectivity index (χ4v) is 2.15. The van der Waals surface area contributed by atoms with E-state index >= 15 is 0 Å². The lowest BCUT2D eigenvalue weighted by Crippen LogP contribution is -2.23. The molecule has 1 aromatic heterocycles. The number of ether oxygens (including phenoxy) is 1. The van der Waals surface area contributed by atoms with Gasteiger partial charge >= 0.3 is 0 Å². The van der Waals surface area contributed by atoms with E-state index in [1.54, 1.807) is 0 Å². The van der Waals surface area contributed by atoms with Crippen molar-refractivity contribution in [2.24, 2.45) is 5.73 Å². The molecule has 2 N–H and O–H groups in total. The normalized spacial score (nSPS) is 11.0. The van der Waals surface area contributed by atoms with Gasteiger partial charge in [-0.1, -0.05) is 12.1 Å². The van der Waals surface area contributed by atoms with Crippen molar-refractivity contribution < 1.29 is 9.15 Å². The predicted molar refractivity (Wildman–Crippen MR) is 84.5 cm³/mol. The van der Waals surface area contributed by atoms with E-state index in [0.29, 0.717) is 13.2 Å². The molecular formula is C17H24N2O2. The molecule has 0 bridgehead atoms. The van der Waals surface area contributed by atoms with Gasteiger partial charge in [-0.3, -0.25) is 4.90 Å². The molecule has 4 nitrogen and oxygen atoms in total. The minimum Gasteiger partial charge on any atom is -0.492 e. The molecule has 2 aromatic rings. The second-order valence-electron chi connectivity index (χ2n) is 5.28. The van der Waals surface area contributed by atoms with Gasteiger partial charge in [0, 0.05) is 6.54 Å². The lowest BCUT2D eigenvalue weighted by Gasteiger charge is -2.15. The first-order chi connectivity index (χ1) is 10.2. The lowest BCUT2D eigenvalue weighted by molar-refractivity contribution is 0.221. The van der Waals surface area contributed by atoms with Crippen molar-refractivity contribution in [3.8, 4) is 5.75 Å². The number of likely N-dealkylation sites (N-methyl/N-ethyl adjacent to an activating group) is 1. The minimum absolute atomic E-state index is 0.659. The van der Waals surface area contributed by atoms with Gasteiger partial charge in [-0.2, -0.15) is 0 Å². The Labute approximate surface area is 126 Å². The van der Waals surface area contributed by atoms with Crippen molar-refractivity contribution in [1.29, 1.82) is 0 Å². The van der Waals surface area contributed by atoms with Crippen LogP contribution in [0.25, 0.3) is 0 Å². The Balaban J connectivity index is 1.70. The fourth-order valence-electron chi connectivity index (χ4n) is 2.15. The number of nitrogens with zero attached hydrogens (tertiary/aromatic N) is 1. The first kappa shape index (κ1) is 15.6. The number of nitrogens with two attached hydrogens (primary N) is 1. The first-order valence-electron chi connectivity index (χ1n) is 7.33. The molecule has 1 aromatic carbocycles. The van der Waals surface area contributed by atoms with Crippen LogP contribution in [0.3, 0.4) is 0 Å². The van der Waals surface area contributed by atoms with Gasteiger partial charge in [-0.25, -0.2) is 0 Å². The van der Waals surface area contributed by atoms with Crippen LogP contribution in [0.2, 0.25) is 0 Å². The molecule has 0 saturated heterocycles. The Morgan fingerprint density at radius 2 is 1.90 bits per heavy atom. The molecule has 2 rings (SSSR count). The molecule has 0 saturated carbocycles. The van der Waals surface area contributed by atoms with Crippen molar-refractivity contribution in [1.82, 2.24) is 4.90 Å². The maximum absolute atomic E-state index is 5.75. The minimum atomic E-state index is 0.659. The summed E-state index contributed by atoms with van der Waals surface area (Å²) in [5, 5.41) is 0. The second kappa shape index (κ2) is 7.86. The largest absolute Gasteiger partial charge is 0.492 e. The van der Waals surface area contributed by atoms with Gasteiger partial charge in [0.15, 0.2) is 0 Å². The molecule has 0 aliphatic heterocycles. The van der Waals surface area contributed by atoms with E-state index in [1.165, 1.54) is 5.56 Å².